The highest BCUT2D eigenvalue weighted by atomic mass is 16.5. The highest BCUT2D eigenvalue weighted by molar-refractivity contribution is 5.89. The van der Waals surface area contributed by atoms with Gasteiger partial charge in [0, 0.05) is 13.1 Å². The largest absolute Gasteiger partial charge is 0.493 e. The van der Waals surface area contributed by atoms with Gasteiger partial charge in [-0.05, 0) is 48.1 Å². The normalized spacial score (nSPS) is 16.6. The van der Waals surface area contributed by atoms with Gasteiger partial charge >= 0.3 is 5.97 Å². The van der Waals surface area contributed by atoms with Crippen LogP contribution in [0.15, 0.2) is 42.5 Å². The highest BCUT2D eigenvalue weighted by Crippen LogP contribution is 2.49. The van der Waals surface area contributed by atoms with Crippen LogP contribution in [0.1, 0.15) is 29.5 Å². The Hall–Kier alpha value is -3.02. The van der Waals surface area contributed by atoms with Crippen molar-refractivity contribution in [1.82, 2.24) is 4.90 Å². The number of carbonyl (C=O) groups is 2. The summed E-state index contributed by atoms with van der Waals surface area (Å²) in [4.78, 5) is 27.0. The summed E-state index contributed by atoms with van der Waals surface area (Å²) < 4.78 is 16.2. The molecule has 1 saturated carbocycles. The third-order valence-electron chi connectivity index (χ3n) is 5.86. The minimum atomic E-state index is -0.569. The molecule has 1 aliphatic heterocycles. The number of fused-ring (bicyclic) bond motifs is 1. The van der Waals surface area contributed by atoms with Crippen LogP contribution >= 0.6 is 0 Å². The second-order valence-corrected chi connectivity index (χ2v) is 7.57. The second kappa shape index (κ2) is 7.78. The van der Waals surface area contributed by atoms with Crippen molar-refractivity contribution in [3.05, 3.63) is 59.2 Å². The third-order valence-corrected chi connectivity index (χ3v) is 5.86. The summed E-state index contributed by atoms with van der Waals surface area (Å²) in [5.41, 5.74) is 2.56. The Morgan fingerprint density at radius 3 is 2.28 bits per heavy atom. The zero-order valence-electron chi connectivity index (χ0n) is 16.8. The Kier molecular flexibility index (Phi) is 5.18. The van der Waals surface area contributed by atoms with E-state index in [1.165, 1.54) is 0 Å². The first-order chi connectivity index (χ1) is 14.1. The third kappa shape index (κ3) is 3.67. The molecule has 0 unspecified atom stereocenters. The average molecular weight is 395 g/mol. The summed E-state index contributed by atoms with van der Waals surface area (Å²) >= 11 is 0. The molecule has 0 spiro atoms. The van der Waals surface area contributed by atoms with Crippen LogP contribution < -0.4 is 9.47 Å². The van der Waals surface area contributed by atoms with Crippen LogP contribution in [-0.4, -0.2) is 44.1 Å². The van der Waals surface area contributed by atoms with Crippen LogP contribution in [0, 0.1) is 0 Å². The first-order valence-corrected chi connectivity index (χ1v) is 9.82. The molecule has 6 nitrogen and oxygen atoms in total. The lowest BCUT2D eigenvalue weighted by Crippen LogP contribution is -2.39. The lowest BCUT2D eigenvalue weighted by atomic mass is 9.96. The molecule has 6 heteroatoms. The van der Waals surface area contributed by atoms with Gasteiger partial charge in [-0.25, -0.2) is 0 Å². The van der Waals surface area contributed by atoms with E-state index in [2.05, 4.69) is 0 Å². The summed E-state index contributed by atoms with van der Waals surface area (Å²) in [6.07, 6.45) is 2.26. The van der Waals surface area contributed by atoms with E-state index in [0.29, 0.717) is 24.6 Å². The number of hydrogen-bond acceptors (Lipinski definition) is 5. The maximum Gasteiger partial charge on any atom is 0.317 e. The molecule has 2 aliphatic rings. The average Bonchev–Trinajstić information content (AvgIpc) is 3.58. The number of rotatable bonds is 6. The number of carbonyl (C=O) groups excluding carboxylic acids is 2. The second-order valence-electron chi connectivity index (χ2n) is 7.57. The van der Waals surface area contributed by atoms with E-state index in [4.69, 9.17) is 14.2 Å². The number of hydrogen-bond donors (Lipinski definition) is 0. The van der Waals surface area contributed by atoms with Gasteiger partial charge in [-0.1, -0.05) is 30.3 Å². The van der Waals surface area contributed by atoms with E-state index in [1.807, 2.05) is 42.5 Å². The summed E-state index contributed by atoms with van der Waals surface area (Å²) in [5, 5.41) is 0. The van der Waals surface area contributed by atoms with Gasteiger partial charge in [-0.3, -0.25) is 9.59 Å². The first-order valence-electron chi connectivity index (χ1n) is 9.82. The number of esters is 1. The minimum absolute atomic E-state index is 0.178. The molecule has 0 atom stereocenters. The summed E-state index contributed by atoms with van der Waals surface area (Å²) in [6, 6.07) is 13.5. The molecule has 1 amide bonds. The molecule has 0 saturated heterocycles. The fraction of sp³-hybridized carbons (Fsp3) is 0.391. The predicted octanol–water partition coefficient (Wildman–Crippen LogP) is 2.86. The molecular weight excluding hydrogens is 370 g/mol. The van der Waals surface area contributed by atoms with E-state index in [9.17, 15) is 9.59 Å². The molecular formula is C23H25NO5. The summed E-state index contributed by atoms with van der Waals surface area (Å²) in [7, 11) is 3.20. The van der Waals surface area contributed by atoms with E-state index < -0.39 is 5.41 Å². The Bertz CT molecular complexity index is 920. The number of amides is 1. The molecule has 29 heavy (non-hydrogen) atoms. The van der Waals surface area contributed by atoms with Crippen LogP contribution in [0.5, 0.6) is 11.5 Å². The lowest BCUT2D eigenvalue weighted by Gasteiger charge is -2.29. The van der Waals surface area contributed by atoms with Gasteiger partial charge in [-0.2, -0.15) is 0 Å². The fourth-order valence-corrected chi connectivity index (χ4v) is 3.95. The van der Waals surface area contributed by atoms with Crippen molar-refractivity contribution in [3.63, 3.8) is 0 Å². The number of ether oxygens (including phenoxy) is 3. The standard InChI is InChI=1S/C23H25NO5/c1-27-19-12-16-8-11-24(14-17(16)13-20(19)28-2)21(25)15-29-22(26)23(9-10-23)18-6-4-3-5-7-18/h3-7,12-13H,8-11,14-15H2,1-2H3. The van der Waals surface area contributed by atoms with Crippen molar-refractivity contribution < 1.29 is 23.8 Å². The van der Waals surface area contributed by atoms with E-state index >= 15 is 0 Å². The smallest absolute Gasteiger partial charge is 0.317 e. The molecule has 4 rings (SSSR count). The van der Waals surface area contributed by atoms with Gasteiger partial charge in [0.25, 0.3) is 5.91 Å². The molecule has 0 aromatic heterocycles. The van der Waals surface area contributed by atoms with Crippen molar-refractivity contribution in [2.45, 2.75) is 31.2 Å². The highest BCUT2D eigenvalue weighted by Gasteiger charge is 2.52. The van der Waals surface area contributed by atoms with Crippen molar-refractivity contribution in [2.24, 2.45) is 0 Å². The van der Waals surface area contributed by atoms with Crippen molar-refractivity contribution in [3.8, 4) is 11.5 Å². The quantitative estimate of drug-likeness (QED) is 0.704. The van der Waals surface area contributed by atoms with Crippen molar-refractivity contribution in [1.29, 1.82) is 0 Å². The lowest BCUT2D eigenvalue weighted by molar-refractivity contribution is -0.154. The Balaban J connectivity index is 1.38. The molecule has 152 valence electrons. The SMILES string of the molecule is COc1cc2c(cc1OC)CN(C(=O)COC(=O)C1(c3ccccc3)CC1)CC2. The molecule has 1 aliphatic carbocycles. The first kappa shape index (κ1) is 19.3. The summed E-state index contributed by atoms with van der Waals surface area (Å²) in [5.74, 6) is 0.852. The van der Waals surface area contributed by atoms with Gasteiger partial charge in [0.1, 0.15) is 0 Å². The maximum absolute atomic E-state index is 12.7. The molecule has 2 aromatic rings. The van der Waals surface area contributed by atoms with Crippen molar-refractivity contribution >= 4 is 11.9 Å². The Morgan fingerprint density at radius 2 is 1.66 bits per heavy atom. The molecule has 0 bridgehead atoms. The number of methoxy groups -OCH3 is 2. The topological polar surface area (TPSA) is 65.1 Å². The molecule has 1 fully saturated rings. The number of nitrogens with zero attached hydrogens (tertiary/aromatic N) is 1. The molecule has 1 heterocycles. The van der Waals surface area contributed by atoms with Crippen LogP contribution in [0.4, 0.5) is 0 Å². The van der Waals surface area contributed by atoms with E-state index in [0.717, 1.165) is 36.0 Å². The summed E-state index contributed by atoms with van der Waals surface area (Å²) in [6.45, 7) is 0.828. The Morgan fingerprint density at radius 1 is 1.00 bits per heavy atom. The molecule has 0 N–H and O–H groups in total. The van der Waals surface area contributed by atoms with Gasteiger partial charge < -0.3 is 19.1 Å². The molecule has 0 radical (unpaired) electrons. The van der Waals surface area contributed by atoms with Crippen LogP contribution in [0.3, 0.4) is 0 Å². The van der Waals surface area contributed by atoms with Gasteiger partial charge in [0.05, 0.1) is 19.6 Å². The minimum Gasteiger partial charge on any atom is -0.493 e. The van der Waals surface area contributed by atoms with Crippen LogP contribution in [0.25, 0.3) is 0 Å². The van der Waals surface area contributed by atoms with Gasteiger partial charge in [0.15, 0.2) is 18.1 Å². The van der Waals surface area contributed by atoms with Crippen LogP contribution in [-0.2, 0) is 32.7 Å². The van der Waals surface area contributed by atoms with Gasteiger partial charge in [0.2, 0.25) is 0 Å². The monoisotopic (exact) mass is 395 g/mol. The predicted molar refractivity (Wildman–Crippen MR) is 107 cm³/mol. The zero-order valence-corrected chi connectivity index (χ0v) is 16.8. The van der Waals surface area contributed by atoms with Gasteiger partial charge in [-0.15, -0.1) is 0 Å². The maximum atomic E-state index is 12.7. The zero-order chi connectivity index (χ0) is 20.4. The van der Waals surface area contributed by atoms with Crippen LogP contribution in [0.2, 0.25) is 0 Å². The van der Waals surface area contributed by atoms with E-state index in [1.54, 1.807) is 19.1 Å². The van der Waals surface area contributed by atoms with E-state index in [-0.39, 0.29) is 18.5 Å². The molecule has 2 aromatic carbocycles. The van der Waals surface area contributed by atoms with Crippen molar-refractivity contribution in [2.75, 3.05) is 27.4 Å². The number of benzene rings is 2. The fourth-order valence-electron chi connectivity index (χ4n) is 3.95. The Labute approximate surface area is 170 Å².